The summed E-state index contributed by atoms with van der Waals surface area (Å²) in [5.74, 6) is -0.994. The zero-order valence-corrected chi connectivity index (χ0v) is 10.9. The summed E-state index contributed by atoms with van der Waals surface area (Å²) in [6, 6.07) is 11.4. The Kier molecular flexibility index (Phi) is 3.51. The van der Waals surface area contributed by atoms with Gasteiger partial charge in [-0.2, -0.15) is 0 Å². The van der Waals surface area contributed by atoms with E-state index in [-0.39, 0.29) is 5.56 Å². The molecule has 3 nitrogen and oxygen atoms in total. The Morgan fingerprint density at radius 3 is 2.42 bits per heavy atom. The maximum atomic E-state index is 13.7. The van der Waals surface area contributed by atoms with Crippen molar-refractivity contribution in [2.75, 3.05) is 17.7 Å². The van der Waals surface area contributed by atoms with E-state index in [0.717, 1.165) is 5.56 Å². The van der Waals surface area contributed by atoms with Crippen molar-refractivity contribution in [3.8, 4) is 0 Å². The average Bonchev–Trinajstić information content (AvgIpc) is 2.41. The highest BCUT2D eigenvalue weighted by molar-refractivity contribution is 6.06. The summed E-state index contributed by atoms with van der Waals surface area (Å²) in [7, 11) is 1.61. The number of hydrogen-bond acceptors (Lipinski definition) is 2. The number of halogens is 1. The van der Waals surface area contributed by atoms with Crippen LogP contribution in [0.25, 0.3) is 0 Å². The van der Waals surface area contributed by atoms with E-state index in [4.69, 9.17) is 5.73 Å². The molecule has 0 saturated heterocycles. The van der Waals surface area contributed by atoms with Crippen molar-refractivity contribution in [1.82, 2.24) is 0 Å². The van der Waals surface area contributed by atoms with E-state index in [9.17, 15) is 9.18 Å². The van der Waals surface area contributed by atoms with Crippen LogP contribution < -0.4 is 10.6 Å². The third kappa shape index (κ3) is 2.73. The van der Waals surface area contributed by atoms with E-state index >= 15 is 0 Å². The third-order valence-corrected chi connectivity index (χ3v) is 2.95. The number of anilines is 2. The van der Waals surface area contributed by atoms with Crippen molar-refractivity contribution in [3.05, 3.63) is 59.4 Å². The van der Waals surface area contributed by atoms with Crippen molar-refractivity contribution in [2.45, 2.75) is 6.92 Å². The minimum atomic E-state index is -0.571. The maximum absolute atomic E-state index is 13.7. The fourth-order valence-corrected chi connectivity index (χ4v) is 1.77. The molecule has 0 aliphatic rings. The second-order valence-corrected chi connectivity index (χ2v) is 4.44. The molecule has 0 aliphatic heterocycles. The first kappa shape index (κ1) is 13.1. The minimum absolute atomic E-state index is 0.0249. The summed E-state index contributed by atoms with van der Waals surface area (Å²) in [5.41, 5.74) is 7.73. The molecule has 0 bridgehead atoms. The van der Waals surface area contributed by atoms with Crippen molar-refractivity contribution in [1.29, 1.82) is 0 Å². The third-order valence-electron chi connectivity index (χ3n) is 2.95. The van der Waals surface area contributed by atoms with Gasteiger partial charge in [0.25, 0.3) is 5.91 Å². The molecule has 2 aromatic rings. The largest absolute Gasteiger partial charge is 0.399 e. The van der Waals surface area contributed by atoms with E-state index in [1.54, 1.807) is 7.05 Å². The van der Waals surface area contributed by atoms with Crippen LogP contribution in [0, 0.1) is 12.7 Å². The molecule has 0 aromatic heterocycles. The van der Waals surface area contributed by atoms with Crippen LogP contribution >= 0.6 is 0 Å². The molecule has 98 valence electrons. The standard InChI is InChI=1S/C15H15FN2O/c1-10-3-6-12(7-4-10)18(2)15(19)13-9-11(17)5-8-14(13)16/h3-9H,17H2,1-2H3. The van der Waals surface area contributed by atoms with Crippen LogP contribution in [-0.2, 0) is 0 Å². The number of carbonyl (C=O) groups is 1. The quantitative estimate of drug-likeness (QED) is 0.842. The summed E-state index contributed by atoms with van der Waals surface area (Å²) in [5, 5.41) is 0. The number of benzene rings is 2. The Bertz CT molecular complexity index is 608. The summed E-state index contributed by atoms with van der Waals surface area (Å²) < 4.78 is 13.7. The smallest absolute Gasteiger partial charge is 0.261 e. The Morgan fingerprint density at radius 1 is 1.16 bits per heavy atom. The van der Waals surface area contributed by atoms with Crippen molar-refractivity contribution in [3.63, 3.8) is 0 Å². The predicted molar refractivity (Wildman–Crippen MR) is 74.7 cm³/mol. The monoisotopic (exact) mass is 258 g/mol. The number of amides is 1. The average molecular weight is 258 g/mol. The summed E-state index contributed by atoms with van der Waals surface area (Å²) in [6.07, 6.45) is 0. The molecule has 4 heteroatoms. The topological polar surface area (TPSA) is 46.3 Å². The molecule has 0 radical (unpaired) electrons. The molecule has 0 saturated carbocycles. The van der Waals surface area contributed by atoms with Gasteiger partial charge in [-0.3, -0.25) is 4.79 Å². The molecule has 0 spiro atoms. The highest BCUT2D eigenvalue weighted by Crippen LogP contribution is 2.19. The number of nitrogens with two attached hydrogens (primary N) is 1. The number of nitrogen functional groups attached to an aromatic ring is 1. The van der Waals surface area contributed by atoms with Crippen molar-refractivity contribution in [2.24, 2.45) is 0 Å². The van der Waals surface area contributed by atoms with Crippen LogP contribution in [0.15, 0.2) is 42.5 Å². The minimum Gasteiger partial charge on any atom is -0.399 e. The highest BCUT2D eigenvalue weighted by Gasteiger charge is 2.17. The highest BCUT2D eigenvalue weighted by atomic mass is 19.1. The van der Waals surface area contributed by atoms with Crippen molar-refractivity contribution >= 4 is 17.3 Å². The van der Waals surface area contributed by atoms with Crippen LogP contribution in [0.2, 0.25) is 0 Å². The van der Waals surface area contributed by atoms with Gasteiger partial charge in [0.1, 0.15) is 5.82 Å². The first-order valence-electron chi connectivity index (χ1n) is 5.89. The number of rotatable bonds is 2. The van der Waals surface area contributed by atoms with Gasteiger partial charge in [0.15, 0.2) is 0 Å². The summed E-state index contributed by atoms with van der Waals surface area (Å²) in [4.78, 5) is 13.6. The van der Waals surface area contributed by atoms with Gasteiger partial charge in [-0.1, -0.05) is 17.7 Å². The molecular formula is C15H15FN2O. The van der Waals surface area contributed by atoms with Gasteiger partial charge in [-0.05, 0) is 37.3 Å². The second-order valence-electron chi connectivity index (χ2n) is 4.44. The first-order valence-corrected chi connectivity index (χ1v) is 5.89. The lowest BCUT2D eigenvalue weighted by atomic mass is 10.1. The van der Waals surface area contributed by atoms with Gasteiger partial charge in [0.05, 0.1) is 5.56 Å². The molecule has 0 fully saturated rings. The van der Waals surface area contributed by atoms with Crippen LogP contribution in [0.5, 0.6) is 0 Å². The number of hydrogen-bond donors (Lipinski definition) is 1. The zero-order valence-electron chi connectivity index (χ0n) is 10.9. The molecule has 0 heterocycles. The van der Waals surface area contributed by atoms with Crippen LogP contribution in [-0.4, -0.2) is 13.0 Å². The summed E-state index contributed by atoms with van der Waals surface area (Å²) in [6.45, 7) is 1.96. The second kappa shape index (κ2) is 5.10. The summed E-state index contributed by atoms with van der Waals surface area (Å²) >= 11 is 0. The van der Waals surface area contributed by atoms with Gasteiger partial charge in [0, 0.05) is 18.4 Å². The molecule has 0 aliphatic carbocycles. The number of carbonyl (C=O) groups excluding carboxylic acids is 1. The van der Waals surface area contributed by atoms with Gasteiger partial charge in [-0.25, -0.2) is 4.39 Å². The zero-order chi connectivity index (χ0) is 14.0. The Morgan fingerprint density at radius 2 is 1.79 bits per heavy atom. The Balaban J connectivity index is 2.33. The lowest BCUT2D eigenvalue weighted by Crippen LogP contribution is -2.27. The van der Waals surface area contributed by atoms with Gasteiger partial charge >= 0.3 is 0 Å². The molecule has 0 unspecified atom stereocenters. The number of nitrogens with zero attached hydrogens (tertiary/aromatic N) is 1. The van der Waals surface area contributed by atoms with Gasteiger partial charge in [0.2, 0.25) is 0 Å². The molecule has 0 atom stereocenters. The SMILES string of the molecule is Cc1ccc(N(C)C(=O)c2cc(N)ccc2F)cc1. The predicted octanol–water partition coefficient (Wildman–Crippen LogP) is 2.99. The molecule has 2 N–H and O–H groups in total. The van der Waals surface area contributed by atoms with Crippen LogP contribution in [0.4, 0.5) is 15.8 Å². The molecule has 2 aromatic carbocycles. The Hall–Kier alpha value is -2.36. The lowest BCUT2D eigenvalue weighted by molar-refractivity contribution is 0.0989. The Labute approximate surface area is 111 Å². The van der Waals surface area contributed by atoms with E-state index < -0.39 is 11.7 Å². The van der Waals surface area contributed by atoms with E-state index in [0.29, 0.717) is 11.4 Å². The number of aryl methyl sites for hydroxylation is 1. The van der Waals surface area contributed by atoms with Gasteiger partial charge < -0.3 is 10.6 Å². The van der Waals surface area contributed by atoms with E-state index in [1.165, 1.54) is 23.1 Å². The lowest BCUT2D eigenvalue weighted by Gasteiger charge is -2.18. The fourth-order valence-electron chi connectivity index (χ4n) is 1.77. The maximum Gasteiger partial charge on any atom is 0.261 e. The van der Waals surface area contributed by atoms with E-state index in [2.05, 4.69) is 0 Å². The fraction of sp³-hybridized carbons (Fsp3) is 0.133. The van der Waals surface area contributed by atoms with Crippen molar-refractivity contribution < 1.29 is 9.18 Å². The molecule has 19 heavy (non-hydrogen) atoms. The first-order chi connectivity index (χ1) is 8.99. The normalized spacial score (nSPS) is 10.3. The molecule has 1 amide bonds. The van der Waals surface area contributed by atoms with Crippen LogP contribution in [0.1, 0.15) is 15.9 Å². The molecule has 2 rings (SSSR count). The van der Waals surface area contributed by atoms with Gasteiger partial charge in [-0.15, -0.1) is 0 Å². The van der Waals surface area contributed by atoms with Crippen LogP contribution in [0.3, 0.4) is 0 Å². The molecular weight excluding hydrogens is 243 g/mol. The van der Waals surface area contributed by atoms with E-state index in [1.807, 2.05) is 31.2 Å².